The normalized spacial score (nSPS) is 21.1. The van der Waals surface area contributed by atoms with Crippen LogP contribution in [0.4, 0.5) is 0 Å². The minimum Gasteiger partial charge on any atom is -0.543 e. The van der Waals surface area contributed by atoms with E-state index in [0.29, 0.717) is 6.61 Å². The highest BCUT2D eigenvalue weighted by Crippen LogP contribution is 2.38. The van der Waals surface area contributed by atoms with E-state index < -0.39 is 14.1 Å². The molecule has 0 amide bonds. The van der Waals surface area contributed by atoms with Crippen LogP contribution >= 0.6 is 0 Å². The topological polar surface area (TPSA) is 27.7 Å². The first kappa shape index (κ1) is 13.6. The smallest absolute Gasteiger partial charge is 0.250 e. The maximum atomic E-state index is 6.09. The first-order chi connectivity index (χ1) is 7.04. The van der Waals surface area contributed by atoms with Gasteiger partial charge in [0.25, 0.3) is 0 Å². The van der Waals surface area contributed by atoms with E-state index in [1.165, 1.54) is 0 Å². The van der Waals surface area contributed by atoms with Crippen molar-refractivity contribution < 1.29 is 13.9 Å². The van der Waals surface area contributed by atoms with Crippen molar-refractivity contribution in [3.05, 3.63) is 12.0 Å². The van der Waals surface area contributed by atoms with Crippen molar-refractivity contribution in [3.8, 4) is 0 Å². The molecule has 0 saturated carbocycles. The molecule has 0 aromatic carbocycles. The van der Waals surface area contributed by atoms with E-state index >= 15 is 0 Å². The second-order valence-corrected chi connectivity index (χ2v) is 11.0. The number of hydrogen-bond donors (Lipinski definition) is 0. The molecule has 0 N–H and O–H groups in total. The minimum absolute atomic E-state index is 0.195. The van der Waals surface area contributed by atoms with Crippen molar-refractivity contribution in [2.75, 3.05) is 6.61 Å². The van der Waals surface area contributed by atoms with Gasteiger partial charge in [-0.25, -0.2) is 0 Å². The fourth-order valence-electron chi connectivity index (χ4n) is 1.05. The zero-order valence-corrected chi connectivity index (χ0v) is 12.5. The second kappa shape index (κ2) is 4.07. The van der Waals surface area contributed by atoms with Gasteiger partial charge in [0.05, 0.1) is 0 Å². The van der Waals surface area contributed by atoms with Crippen molar-refractivity contribution in [2.24, 2.45) is 0 Å². The van der Waals surface area contributed by atoms with Crippen LogP contribution in [0.1, 0.15) is 34.6 Å². The molecule has 0 saturated heterocycles. The molecule has 0 aliphatic carbocycles. The van der Waals surface area contributed by atoms with Crippen molar-refractivity contribution in [1.82, 2.24) is 0 Å². The summed E-state index contributed by atoms with van der Waals surface area (Å²) in [5.74, 6) is 0.284. The number of ether oxygens (including phenoxy) is 2. The van der Waals surface area contributed by atoms with Crippen LogP contribution in [0.2, 0.25) is 18.1 Å². The second-order valence-electron chi connectivity index (χ2n) is 6.25. The van der Waals surface area contributed by atoms with E-state index in [-0.39, 0.29) is 5.04 Å². The molecule has 1 aliphatic heterocycles. The molecule has 1 rings (SSSR count). The summed E-state index contributed by atoms with van der Waals surface area (Å²) in [5.41, 5.74) is 0. The molecule has 0 radical (unpaired) electrons. The Kier molecular flexibility index (Phi) is 3.46. The van der Waals surface area contributed by atoms with Gasteiger partial charge in [-0.3, -0.25) is 0 Å². The average molecular weight is 244 g/mol. The largest absolute Gasteiger partial charge is 0.543 e. The lowest BCUT2D eigenvalue weighted by Gasteiger charge is -2.39. The Morgan fingerprint density at radius 3 is 2.25 bits per heavy atom. The van der Waals surface area contributed by atoms with E-state index in [4.69, 9.17) is 13.9 Å². The van der Waals surface area contributed by atoms with E-state index in [9.17, 15) is 0 Å². The van der Waals surface area contributed by atoms with Gasteiger partial charge in [-0.1, -0.05) is 20.8 Å². The lowest BCUT2D eigenvalue weighted by molar-refractivity contribution is -0.196. The summed E-state index contributed by atoms with van der Waals surface area (Å²) in [5, 5.41) is 0.195. The third-order valence-electron chi connectivity index (χ3n) is 3.23. The van der Waals surface area contributed by atoms with Crippen LogP contribution in [0.25, 0.3) is 0 Å². The number of hydrogen-bond acceptors (Lipinski definition) is 3. The summed E-state index contributed by atoms with van der Waals surface area (Å²) in [6.07, 6.45) is 1.70. The van der Waals surface area contributed by atoms with Gasteiger partial charge in [-0.05, 0) is 18.1 Å². The lowest BCUT2D eigenvalue weighted by atomic mass is 10.2. The SMILES string of the molecule is CC1(C)OC=C(O[Si](C)(C)C(C)(C)C)CO1. The fraction of sp³-hybridized carbons (Fsp3) is 0.833. The van der Waals surface area contributed by atoms with Gasteiger partial charge >= 0.3 is 0 Å². The van der Waals surface area contributed by atoms with Crippen molar-refractivity contribution in [2.45, 2.75) is 58.5 Å². The molecule has 0 atom stereocenters. The maximum Gasteiger partial charge on any atom is 0.250 e. The molecule has 0 spiro atoms. The Hall–Kier alpha value is -0.483. The van der Waals surface area contributed by atoms with Crippen LogP contribution in [0, 0.1) is 0 Å². The maximum absolute atomic E-state index is 6.09. The lowest BCUT2D eigenvalue weighted by Crippen LogP contribution is -2.42. The zero-order valence-electron chi connectivity index (χ0n) is 11.5. The molecule has 0 unspecified atom stereocenters. The monoisotopic (exact) mass is 244 g/mol. The highest BCUT2D eigenvalue weighted by Gasteiger charge is 2.40. The molecular formula is C12H24O3Si. The molecule has 94 valence electrons. The molecule has 0 aromatic rings. The molecule has 0 fully saturated rings. The molecule has 1 heterocycles. The summed E-state index contributed by atoms with van der Waals surface area (Å²) in [6, 6.07) is 0. The van der Waals surface area contributed by atoms with E-state index in [0.717, 1.165) is 5.76 Å². The van der Waals surface area contributed by atoms with Crippen molar-refractivity contribution >= 4 is 8.32 Å². The molecule has 3 nitrogen and oxygen atoms in total. The Labute approximate surface area is 99.9 Å². The van der Waals surface area contributed by atoms with E-state index in [1.54, 1.807) is 6.26 Å². The Morgan fingerprint density at radius 2 is 1.88 bits per heavy atom. The highest BCUT2D eigenvalue weighted by atomic mass is 28.4. The van der Waals surface area contributed by atoms with Crippen LogP contribution in [0.5, 0.6) is 0 Å². The minimum atomic E-state index is -1.77. The third kappa shape index (κ3) is 3.25. The summed E-state index contributed by atoms with van der Waals surface area (Å²) < 4.78 is 17.1. The molecule has 1 aliphatic rings. The fourth-order valence-corrected chi connectivity index (χ4v) is 2.12. The van der Waals surface area contributed by atoms with Crippen molar-refractivity contribution in [3.63, 3.8) is 0 Å². The first-order valence-electron chi connectivity index (χ1n) is 5.73. The van der Waals surface area contributed by atoms with Gasteiger partial charge in [0.2, 0.25) is 14.1 Å². The van der Waals surface area contributed by atoms with Crippen molar-refractivity contribution in [1.29, 1.82) is 0 Å². The average Bonchev–Trinajstić information content (AvgIpc) is 2.06. The molecule has 4 heteroatoms. The van der Waals surface area contributed by atoms with Crippen LogP contribution < -0.4 is 0 Å². The standard InChI is InChI=1S/C12H24O3Si/c1-11(2,3)16(6,7)15-10-8-13-12(4,5)14-9-10/h8H,9H2,1-7H3. The molecular weight excluding hydrogens is 220 g/mol. The molecule has 16 heavy (non-hydrogen) atoms. The summed E-state index contributed by atoms with van der Waals surface area (Å²) in [4.78, 5) is 0. The predicted molar refractivity (Wildman–Crippen MR) is 67.5 cm³/mol. The Morgan fingerprint density at radius 1 is 1.31 bits per heavy atom. The summed E-state index contributed by atoms with van der Waals surface area (Å²) >= 11 is 0. The van der Waals surface area contributed by atoms with Gasteiger partial charge in [-0.15, -0.1) is 0 Å². The summed E-state index contributed by atoms with van der Waals surface area (Å²) in [7, 11) is -1.77. The van der Waals surface area contributed by atoms with Gasteiger partial charge in [0.1, 0.15) is 18.6 Å². The van der Waals surface area contributed by atoms with Crippen LogP contribution in [0.3, 0.4) is 0 Å². The highest BCUT2D eigenvalue weighted by molar-refractivity contribution is 6.74. The van der Waals surface area contributed by atoms with E-state index in [2.05, 4.69) is 33.9 Å². The summed E-state index contributed by atoms with van der Waals surface area (Å²) in [6.45, 7) is 15.4. The van der Waals surface area contributed by atoms with Gasteiger partial charge in [0.15, 0.2) is 0 Å². The van der Waals surface area contributed by atoms with Gasteiger partial charge in [-0.2, -0.15) is 0 Å². The van der Waals surface area contributed by atoms with Gasteiger partial charge < -0.3 is 13.9 Å². The zero-order chi connectivity index (χ0) is 12.6. The van der Waals surface area contributed by atoms with E-state index in [1.807, 2.05) is 13.8 Å². The Balaban J connectivity index is 2.67. The Bertz CT molecular complexity index is 287. The van der Waals surface area contributed by atoms with Crippen LogP contribution in [-0.4, -0.2) is 20.7 Å². The quantitative estimate of drug-likeness (QED) is 0.694. The first-order valence-corrected chi connectivity index (χ1v) is 8.64. The number of rotatable bonds is 2. The predicted octanol–water partition coefficient (Wildman–Crippen LogP) is 3.63. The third-order valence-corrected chi connectivity index (χ3v) is 7.61. The van der Waals surface area contributed by atoms with Crippen LogP contribution in [-0.2, 0) is 13.9 Å². The molecule has 0 bridgehead atoms. The van der Waals surface area contributed by atoms with Crippen LogP contribution in [0.15, 0.2) is 12.0 Å². The molecule has 0 aromatic heterocycles. The van der Waals surface area contributed by atoms with Gasteiger partial charge in [0, 0.05) is 13.8 Å².